The fourth-order valence-corrected chi connectivity index (χ4v) is 3.82. The van der Waals surface area contributed by atoms with E-state index >= 15 is 0 Å². The average Bonchev–Trinajstić information content (AvgIpc) is 3.21. The maximum Gasteiger partial charge on any atom is 0.263 e. The highest BCUT2D eigenvalue weighted by Crippen LogP contribution is 2.19. The normalized spacial score (nSPS) is 14.9. The molecule has 6 heteroatoms. The molecule has 1 aromatic carbocycles. The number of thiophene rings is 1. The van der Waals surface area contributed by atoms with Gasteiger partial charge in [-0.15, -0.1) is 11.3 Å². The van der Waals surface area contributed by atoms with Gasteiger partial charge in [-0.2, -0.15) is 0 Å². The van der Waals surface area contributed by atoms with Crippen LogP contribution in [0.2, 0.25) is 0 Å². The number of carbonyl (C=O) groups is 2. The Morgan fingerprint density at radius 3 is 2.65 bits per heavy atom. The largest absolute Gasteiger partial charge is 0.483 e. The van der Waals surface area contributed by atoms with Gasteiger partial charge >= 0.3 is 0 Å². The Hall–Kier alpha value is -2.34. The van der Waals surface area contributed by atoms with E-state index in [0.717, 1.165) is 35.5 Å². The van der Waals surface area contributed by atoms with Gasteiger partial charge in [0.1, 0.15) is 5.75 Å². The molecule has 3 rings (SSSR count). The molecule has 1 aliphatic rings. The van der Waals surface area contributed by atoms with E-state index < -0.39 is 0 Å². The van der Waals surface area contributed by atoms with Crippen LogP contribution in [0.4, 0.5) is 0 Å². The summed E-state index contributed by atoms with van der Waals surface area (Å²) in [6.07, 6.45) is 2.41. The lowest BCUT2D eigenvalue weighted by Gasteiger charge is -2.32. The number of aryl methyl sites for hydroxylation is 1. The van der Waals surface area contributed by atoms with Gasteiger partial charge in [0.05, 0.1) is 4.88 Å². The van der Waals surface area contributed by atoms with Gasteiger partial charge in [0.15, 0.2) is 6.61 Å². The summed E-state index contributed by atoms with van der Waals surface area (Å²) >= 11 is 1.47. The second kappa shape index (κ2) is 8.85. The summed E-state index contributed by atoms with van der Waals surface area (Å²) in [4.78, 5) is 27.1. The van der Waals surface area contributed by atoms with Crippen LogP contribution < -0.4 is 10.1 Å². The second-order valence-corrected chi connectivity index (χ2v) is 7.31. The fourth-order valence-electron chi connectivity index (χ4n) is 3.13. The van der Waals surface area contributed by atoms with Crippen molar-refractivity contribution in [1.29, 1.82) is 0 Å². The first-order valence-corrected chi connectivity index (χ1v) is 9.88. The molecule has 0 spiro atoms. The van der Waals surface area contributed by atoms with Gasteiger partial charge in [-0.25, -0.2) is 0 Å². The summed E-state index contributed by atoms with van der Waals surface area (Å²) < 4.78 is 5.66. The number of piperidine rings is 1. The van der Waals surface area contributed by atoms with Gasteiger partial charge < -0.3 is 15.0 Å². The van der Waals surface area contributed by atoms with Crippen molar-refractivity contribution in [3.8, 4) is 5.75 Å². The lowest BCUT2D eigenvalue weighted by molar-refractivity contribution is -0.124. The highest BCUT2D eigenvalue weighted by Gasteiger charge is 2.25. The smallest absolute Gasteiger partial charge is 0.263 e. The first kappa shape index (κ1) is 18.5. The average molecular weight is 372 g/mol. The van der Waals surface area contributed by atoms with E-state index in [1.807, 2.05) is 46.7 Å². The zero-order valence-electron chi connectivity index (χ0n) is 14.9. The van der Waals surface area contributed by atoms with E-state index in [2.05, 4.69) is 12.2 Å². The maximum atomic E-state index is 12.3. The molecule has 2 heterocycles. The third-order valence-corrected chi connectivity index (χ3v) is 5.45. The molecule has 1 N–H and O–H groups in total. The summed E-state index contributed by atoms with van der Waals surface area (Å²) in [5.41, 5.74) is 1.10. The van der Waals surface area contributed by atoms with Crippen LogP contribution in [0.15, 0.2) is 41.8 Å². The van der Waals surface area contributed by atoms with Crippen LogP contribution in [0.25, 0.3) is 0 Å². The van der Waals surface area contributed by atoms with Crippen molar-refractivity contribution in [2.45, 2.75) is 32.2 Å². The van der Waals surface area contributed by atoms with Crippen LogP contribution >= 0.6 is 11.3 Å². The zero-order chi connectivity index (χ0) is 18.4. The van der Waals surface area contributed by atoms with Gasteiger partial charge in [-0.1, -0.05) is 31.2 Å². The number of nitrogens with one attached hydrogen (secondary N) is 1. The number of carbonyl (C=O) groups excluding carboxylic acids is 2. The molecular weight excluding hydrogens is 348 g/mol. The van der Waals surface area contributed by atoms with Crippen molar-refractivity contribution in [3.63, 3.8) is 0 Å². The molecule has 1 fully saturated rings. The molecule has 0 unspecified atom stereocenters. The summed E-state index contributed by atoms with van der Waals surface area (Å²) in [7, 11) is 0. The quantitative estimate of drug-likeness (QED) is 0.848. The summed E-state index contributed by atoms with van der Waals surface area (Å²) in [6, 6.07) is 11.6. The second-order valence-electron chi connectivity index (χ2n) is 6.36. The lowest BCUT2D eigenvalue weighted by Crippen LogP contribution is -2.47. The van der Waals surface area contributed by atoms with E-state index in [1.165, 1.54) is 11.3 Å². The first-order valence-electron chi connectivity index (χ1n) is 9.00. The molecule has 2 amide bonds. The molecule has 2 aromatic rings. The number of nitrogens with zero attached hydrogens (tertiary/aromatic N) is 1. The van der Waals surface area contributed by atoms with Gasteiger partial charge in [0.25, 0.3) is 11.8 Å². The van der Waals surface area contributed by atoms with Crippen molar-refractivity contribution in [2.24, 2.45) is 0 Å². The number of hydrogen-bond acceptors (Lipinski definition) is 4. The van der Waals surface area contributed by atoms with Gasteiger partial charge in [-0.05, 0) is 42.3 Å². The van der Waals surface area contributed by atoms with Crippen LogP contribution in [0.3, 0.4) is 0 Å². The number of benzene rings is 1. The SMILES string of the molecule is CCc1ccccc1OCC(=O)NC1CCN(C(=O)c2cccs2)CC1. The summed E-state index contributed by atoms with van der Waals surface area (Å²) in [5, 5.41) is 4.94. The Morgan fingerprint density at radius 1 is 1.19 bits per heavy atom. The van der Waals surface area contributed by atoms with Crippen LogP contribution in [0.5, 0.6) is 5.75 Å². The molecule has 0 saturated carbocycles. The third kappa shape index (κ3) is 4.64. The Bertz CT molecular complexity index is 737. The van der Waals surface area contributed by atoms with E-state index in [0.29, 0.717) is 13.1 Å². The molecule has 0 bridgehead atoms. The van der Waals surface area contributed by atoms with Gasteiger partial charge in [-0.3, -0.25) is 9.59 Å². The number of rotatable bonds is 6. The highest BCUT2D eigenvalue weighted by atomic mass is 32.1. The van der Waals surface area contributed by atoms with E-state index in [9.17, 15) is 9.59 Å². The van der Waals surface area contributed by atoms with Crippen LogP contribution in [-0.2, 0) is 11.2 Å². The molecule has 1 aliphatic heterocycles. The summed E-state index contributed by atoms with van der Waals surface area (Å²) in [5.74, 6) is 0.740. The number of para-hydroxylation sites is 1. The van der Waals surface area contributed by atoms with Crippen molar-refractivity contribution >= 4 is 23.2 Å². The predicted octanol–water partition coefficient (Wildman–Crippen LogP) is 3.11. The molecule has 0 atom stereocenters. The van der Waals surface area contributed by atoms with Crippen molar-refractivity contribution in [3.05, 3.63) is 52.2 Å². The van der Waals surface area contributed by atoms with Crippen molar-refractivity contribution < 1.29 is 14.3 Å². The third-order valence-electron chi connectivity index (χ3n) is 4.59. The van der Waals surface area contributed by atoms with Crippen LogP contribution in [0, 0.1) is 0 Å². The van der Waals surface area contributed by atoms with E-state index in [1.54, 1.807) is 0 Å². The molecule has 26 heavy (non-hydrogen) atoms. The number of ether oxygens (including phenoxy) is 1. The molecule has 1 saturated heterocycles. The Balaban J connectivity index is 1.43. The Morgan fingerprint density at radius 2 is 1.96 bits per heavy atom. The molecule has 1 aromatic heterocycles. The minimum Gasteiger partial charge on any atom is -0.483 e. The first-order chi connectivity index (χ1) is 12.7. The van der Waals surface area contributed by atoms with Crippen molar-refractivity contribution in [1.82, 2.24) is 10.2 Å². The van der Waals surface area contributed by atoms with Crippen LogP contribution in [0.1, 0.15) is 35.0 Å². The van der Waals surface area contributed by atoms with Crippen molar-refractivity contribution in [2.75, 3.05) is 19.7 Å². The number of likely N-dealkylation sites (tertiary alicyclic amines) is 1. The minimum absolute atomic E-state index is 0.0192. The summed E-state index contributed by atoms with van der Waals surface area (Å²) in [6.45, 7) is 3.42. The topological polar surface area (TPSA) is 58.6 Å². The van der Waals surface area contributed by atoms with Gasteiger partial charge in [0, 0.05) is 19.1 Å². The highest BCUT2D eigenvalue weighted by molar-refractivity contribution is 7.12. The minimum atomic E-state index is -0.112. The number of amides is 2. The van der Waals surface area contributed by atoms with Crippen LogP contribution in [-0.4, -0.2) is 42.5 Å². The Labute approximate surface area is 158 Å². The molecule has 0 aliphatic carbocycles. The fraction of sp³-hybridized carbons (Fsp3) is 0.400. The van der Waals surface area contributed by atoms with Gasteiger partial charge in [0.2, 0.25) is 0 Å². The molecule has 0 radical (unpaired) electrons. The lowest BCUT2D eigenvalue weighted by atomic mass is 10.0. The monoisotopic (exact) mass is 372 g/mol. The van der Waals surface area contributed by atoms with E-state index in [-0.39, 0.29) is 24.5 Å². The molecule has 5 nitrogen and oxygen atoms in total. The zero-order valence-corrected chi connectivity index (χ0v) is 15.8. The Kier molecular flexibility index (Phi) is 6.28. The maximum absolute atomic E-state index is 12.3. The standard InChI is InChI=1S/C20H24N2O3S/c1-2-15-6-3-4-7-17(15)25-14-19(23)21-16-9-11-22(12-10-16)20(24)18-8-5-13-26-18/h3-8,13,16H,2,9-12,14H2,1H3,(H,21,23). The number of hydrogen-bond donors (Lipinski definition) is 1. The molecular formula is C20H24N2O3S. The molecule has 138 valence electrons. The predicted molar refractivity (Wildman–Crippen MR) is 103 cm³/mol. The van der Waals surface area contributed by atoms with E-state index in [4.69, 9.17) is 4.74 Å².